The molecule has 0 radical (unpaired) electrons. The second-order valence-electron chi connectivity index (χ2n) is 4.29. The van der Waals surface area contributed by atoms with Crippen LogP contribution in [-0.4, -0.2) is 22.9 Å². The molecule has 84 valence electrons. The van der Waals surface area contributed by atoms with Crippen molar-refractivity contribution in [2.45, 2.75) is 18.9 Å². The van der Waals surface area contributed by atoms with Crippen LogP contribution < -0.4 is 5.32 Å². The highest BCUT2D eigenvalue weighted by Crippen LogP contribution is 2.24. The van der Waals surface area contributed by atoms with Gasteiger partial charge in [0.15, 0.2) is 0 Å². The first-order valence-electron chi connectivity index (χ1n) is 5.68. The molecule has 16 heavy (non-hydrogen) atoms. The van der Waals surface area contributed by atoms with Gasteiger partial charge in [0.2, 0.25) is 0 Å². The van der Waals surface area contributed by atoms with Gasteiger partial charge in [-0.3, -0.25) is 4.68 Å². The summed E-state index contributed by atoms with van der Waals surface area (Å²) in [6.45, 7) is 2.17. The Morgan fingerprint density at radius 2 is 2.38 bits per heavy atom. The van der Waals surface area contributed by atoms with Crippen molar-refractivity contribution >= 4 is 26.8 Å². The van der Waals surface area contributed by atoms with Gasteiger partial charge < -0.3 is 5.32 Å². The molecule has 1 aliphatic rings. The van der Waals surface area contributed by atoms with Crippen LogP contribution in [0, 0.1) is 0 Å². The Hall–Kier alpha value is -0.870. The molecule has 0 amide bonds. The summed E-state index contributed by atoms with van der Waals surface area (Å²) in [4.78, 5) is 0. The summed E-state index contributed by atoms with van der Waals surface area (Å²) in [5, 5.41) is 9.15. The number of nitrogens with one attached hydrogen (secondary N) is 1. The first kappa shape index (κ1) is 10.3. The highest BCUT2D eigenvalue weighted by molar-refractivity contribution is 9.10. The lowest BCUT2D eigenvalue weighted by molar-refractivity contribution is 0.355. The highest BCUT2D eigenvalue weighted by Gasteiger charge is 2.17. The van der Waals surface area contributed by atoms with Gasteiger partial charge in [-0.25, -0.2) is 0 Å². The van der Waals surface area contributed by atoms with E-state index in [9.17, 15) is 0 Å². The van der Waals surface area contributed by atoms with Gasteiger partial charge in [-0.15, -0.1) is 0 Å². The van der Waals surface area contributed by atoms with E-state index in [-0.39, 0.29) is 0 Å². The van der Waals surface area contributed by atoms with E-state index in [1.54, 1.807) is 0 Å². The molecule has 1 unspecified atom stereocenters. The topological polar surface area (TPSA) is 29.9 Å². The van der Waals surface area contributed by atoms with Gasteiger partial charge in [0.1, 0.15) is 0 Å². The molecule has 0 saturated carbocycles. The first-order chi connectivity index (χ1) is 7.84. The molecule has 1 aromatic carbocycles. The molecule has 3 rings (SSSR count). The van der Waals surface area contributed by atoms with Crippen molar-refractivity contribution in [1.82, 2.24) is 15.1 Å². The van der Waals surface area contributed by atoms with Crippen LogP contribution >= 0.6 is 15.9 Å². The molecule has 0 bridgehead atoms. The van der Waals surface area contributed by atoms with E-state index in [2.05, 4.69) is 49.2 Å². The molecule has 1 aliphatic heterocycles. The van der Waals surface area contributed by atoms with E-state index in [1.807, 2.05) is 6.20 Å². The van der Waals surface area contributed by atoms with Gasteiger partial charge in [0.25, 0.3) is 0 Å². The minimum atomic E-state index is 0.507. The zero-order valence-electron chi connectivity index (χ0n) is 8.99. The van der Waals surface area contributed by atoms with Crippen molar-refractivity contribution in [3.8, 4) is 0 Å². The number of rotatable bonds is 1. The Balaban J connectivity index is 2.03. The van der Waals surface area contributed by atoms with Crippen molar-refractivity contribution in [2.24, 2.45) is 0 Å². The van der Waals surface area contributed by atoms with Crippen molar-refractivity contribution < 1.29 is 0 Å². The average Bonchev–Trinajstić information content (AvgIpc) is 2.73. The van der Waals surface area contributed by atoms with E-state index in [0.29, 0.717) is 6.04 Å². The number of aromatic nitrogens is 2. The van der Waals surface area contributed by atoms with E-state index in [1.165, 1.54) is 23.7 Å². The summed E-state index contributed by atoms with van der Waals surface area (Å²) < 4.78 is 3.27. The molecule has 1 atom stereocenters. The van der Waals surface area contributed by atoms with E-state index >= 15 is 0 Å². The fourth-order valence-corrected chi connectivity index (χ4v) is 2.74. The quantitative estimate of drug-likeness (QED) is 0.870. The van der Waals surface area contributed by atoms with Crippen molar-refractivity contribution in [3.05, 3.63) is 28.9 Å². The highest BCUT2D eigenvalue weighted by atomic mass is 79.9. The standard InChI is InChI=1S/C12H14BrN3/c13-10-3-4-12-9(6-10)7-15-16(12)11-2-1-5-14-8-11/h3-4,6-7,11,14H,1-2,5,8H2. The summed E-state index contributed by atoms with van der Waals surface area (Å²) >= 11 is 3.49. The third-order valence-corrected chi connectivity index (χ3v) is 3.67. The SMILES string of the molecule is Brc1ccc2c(cnn2C2CCCNC2)c1. The Kier molecular flexibility index (Phi) is 2.69. The Bertz CT molecular complexity index is 500. The van der Waals surface area contributed by atoms with Crippen LogP contribution in [0.1, 0.15) is 18.9 Å². The van der Waals surface area contributed by atoms with Gasteiger partial charge in [-0.1, -0.05) is 15.9 Å². The Morgan fingerprint density at radius 3 is 3.19 bits per heavy atom. The molecule has 2 aromatic rings. The van der Waals surface area contributed by atoms with Gasteiger partial charge in [-0.05, 0) is 37.6 Å². The summed E-state index contributed by atoms with van der Waals surface area (Å²) in [6.07, 6.45) is 4.41. The molecule has 1 aromatic heterocycles. The molecule has 1 N–H and O–H groups in total. The molecule has 0 spiro atoms. The lowest BCUT2D eigenvalue weighted by Crippen LogP contribution is -2.32. The van der Waals surface area contributed by atoms with Crippen LogP contribution in [0.2, 0.25) is 0 Å². The van der Waals surface area contributed by atoms with Crippen molar-refractivity contribution in [3.63, 3.8) is 0 Å². The van der Waals surface area contributed by atoms with E-state index in [4.69, 9.17) is 0 Å². The predicted molar refractivity (Wildman–Crippen MR) is 68.6 cm³/mol. The Labute approximate surface area is 103 Å². The smallest absolute Gasteiger partial charge is 0.0687 e. The third-order valence-electron chi connectivity index (χ3n) is 3.17. The average molecular weight is 280 g/mol. The summed E-state index contributed by atoms with van der Waals surface area (Å²) in [5.41, 5.74) is 1.23. The van der Waals surface area contributed by atoms with Crippen LogP contribution in [-0.2, 0) is 0 Å². The van der Waals surface area contributed by atoms with Gasteiger partial charge >= 0.3 is 0 Å². The number of fused-ring (bicyclic) bond motifs is 1. The van der Waals surface area contributed by atoms with Crippen molar-refractivity contribution in [2.75, 3.05) is 13.1 Å². The fourth-order valence-electron chi connectivity index (χ4n) is 2.36. The van der Waals surface area contributed by atoms with Gasteiger partial charge in [-0.2, -0.15) is 5.10 Å². The molecule has 2 heterocycles. The van der Waals surface area contributed by atoms with E-state index < -0.39 is 0 Å². The maximum absolute atomic E-state index is 4.52. The first-order valence-corrected chi connectivity index (χ1v) is 6.47. The zero-order valence-corrected chi connectivity index (χ0v) is 10.6. The molecule has 4 heteroatoms. The van der Waals surface area contributed by atoms with Crippen LogP contribution in [0.25, 0.3) is 10.9 Å². The molecule has 0 aliphatic carbocycles. The summed E-state index contributed by atoms with van der Waals surface area (Å²) in [7, 11) is 0. The monoisotopic (exact) mass is 279 g/mol. The molecule has 3 nitrogen and oxygen atoms in total. The molecular weight excluding hydrogens is 266 g/mol. The minimum Gasteiger partial charge on any atom is -0.315 e. The van der Waals surface area contributed by atoms with Crippen LogP contribution in [0.4, 0.5) is 0 Å². The number of benzene rings is 1. The summed E-state index contributed by atoms with van der Waals surface area (Å²) in [6, 6.07) is 6.85. The van der Waals surface area contributed by atoms with Crippen LogP contribution in [0.5, 0.6) is 0 Å². The second kappa shape index (κ2) is 4.18. The van der Waals surface area contributed by atoms with Crippen LogP contribution in [0.15, 0.2) is 28.9 Å². The Morgan fingerprint density at radius 1 is 1.44 bits per heavy atom. The number of halogens is 1. The van der Waals surface area contributed by atoms with Gasteiger partial charge in [0, 0.05) is 16.4 Å². The number of hydrogen-bond acceptors (Lipinski definition) is 2. The number of nitrogens with zero attached hydrogens (tertiary/aromatic N) is 2. The molecule has 1 fully saturated rings. The number of piperidine rings is 1. The summed E-state index contributed by atoms with van der Waals surface area (Å²) in [5.74, 6) is 0. The number of hydrogen-bond donors (Lipinski definition) is 1. The lowest BCUT2D eigenvalue weighted by Gasteiger charge is -2.23. The van der Waals surface area contributed by atoms with Gasteiger partial charge in [0.05, 0.1) is 17.8 Å². The fraction of sp³-hybridized carbons (Fsp3) is 0.417. The predicted octanol–water partition coefficient (Wildman–Crippen LogP) is 2.72. The maximum Gasteiger partial charge on any atom is 0.0687 e. The molecular formula is C12H14BrN3. The van der Waals surface area contributed by atoms with Crippen LogP contribution in [0.3, 0.4) is 0 Å². The molecule has 1 saturated heterocycles. The maximum atomic E-state index is 4.52. The van der Waals surface area contributed by atoms with Crippen molar-refractivity contribution in [1.29, 1.82) is 0 Å². The largest absolute Gasteiger partial charge is 0.315 e. The normalized spacial score (nSPS) is 21.4. The zero-order chi connectivity index (χ0) is 11.0. The van der Waals surface area contributed by atoms with E-state index in [0.717, 1.165) is 17.6 Å². The lowest BCUT2D eigenvalue weighted by atomic mass is 10.1. The third kappa shape index (κ3) is 1.76. The minimum absolute atomic E-state index is 0.507. The second-order valence-corrected chi connectivity index (χ2v) is 5.21.